The number of carboxylic acids is 1. The molecule has 7 nitrogen and oxygen atoms in total. The van der Waals surface area contributed by atoms with E-state index in [1.807, 2.05) is 0 Å². The van der Waals surface area contributed by atoms with Crippen LogP contribution in [0.4, 0.5) is 4.39 Å². The Hall–Kier alpha value is -3.29. The molecule has 0 spiro atoms. The number of rotatable bonds is 6. The van der Waals surface area contributed by atoms with Crippen LogP contribution in [0, 0.1) is 18.7 Å². The number of hydrogen-bond acceptors (Lipinski definition) is 4. The third kappa shape index (κ3) is 3.69. The van der Waals surface area contributed by atoms with Gasteiger partial charge in [-0.05, 0) is 43.2 Å². The molecule has 1 amide bonds. The molecule has 1 unspecified atom stereocenters. The van der Waals surface area contributed by atoms with E-state index >= 15 is 0 Å². The lowest BCUT2D eigenvalue weighted by atomic mass is 9.99. The lowest BCUT2D eigenvalue weighted by Gasteiger charge is -2.13. The highest BCUT2D eigenvalue weighted by molar-refractivity contribution is 6.01. The zero-order valence-corrected chi connectivity index (χ0v) is 14.0. The quantitative estimate of drug-likeness (QED) is 0.703. The number of aromatic nitrogens is 3. The van der Waals surface area contributed by atoms with Crippen LogP contribution in [0.3, 0.4) is 0 Å². The topological polar surface area (TPSA) is 96.6 Å². The SMILES string of the molecule is Cc1nn2ncccc2c1C(=O)NCC(Cc1ccc(F)cc1)C(=O)O. The van der Waals surface area contributed by atoms with Crippen molar-refractivity contribution in [1.82, 2.24) is 20.1 Å². The number of carboxylic acid groups (broad SMARTS) is 1. The molecule has 0 aliphatic heterocycles. The van der Waals surface area contributed by atoms with E-state index in [1.54, 1.807) is 25.3 Å². The highest BCUT2D eigenvalue weighted by atomic mass is 19.1. The molecule has 0 aliphatic carbocycles. The predicted octanol–water partition coefficient (Wildman–Crippen LogP) is 1.85. The van der Waals surface area contributed by atoms with Gasteiger partial charge in [-0.1, -0.05) is 12.1 Å². The van der Waals surface area contributed by atoms with Gasteiger partial charge in [0.1, 0.15) is 11.3 Å². The minimum atomic E-state index is -1.03. The van der Waals surface area contributed by atoms with E-state index in [1.165, 1.54) is 28.9 Å². The van der Waals surface area contributed by atoms with Gasteiger partial charge in [-0.15, -0.1) is 0 Å². The van der Waals surface area contributed by atoms with Gasteiger partial charge in [-0.3, -0.25) is 9.59 Å². The maximum atomic E-state index is 13.0. The smallest absolute Gasteiger partial charge is 0.308 e. The summed E-state index contributed by atoms with van der Waals surface area (Å²) in [5.41, 5.74) is 2.10. The second-order valence-electron chi connectivity index (χ2n) is 5.93. The fourth-order valence-corrected chi connectivity index (χ4v) is 2.74. The molecule has 1 atom stereocenters. The standard InChI is InChI=1S/C18H17FN4O3/c1-11-16(15-3-2-8-21-23(15)22-11)17(24)20-10-13(18(25)26)9-12-4-6-14(19)7-5-12/h2-8,13H,9-10H2,1H3,(H,20,24)(H,25,26). The first kappa shape index (κ1) is 17.5. The molecule has 0 aliphatic rings. The van der Waals surface area contributed by atoms with Crippen molar-refractivity contribution in [2.24, 2.45) is 5.92 Å². The Morgan fingerprint density at radius 3 is 2.69 bits per heavy atom. The largest absolute Gasteiger partial charge is 0.481 e. The van der Waals surface area contributed by atoms with Crippen molar-refractivity contribution in [3.8, 4) is 0 Å². The molecular weight excluding hydrogens is 339 g/mol. The Balaban J connectivity index is 1.72. The summed E-state index contributed by atoms with van der Waals surface area (Å²) in [7, 11) is 0. The maximum absolute atomic E-state index is 13.0. The van der Waals surface area contributed by atoms with Crippen LogP contribution in [-0.4, -0.2) is 38.4 Å². The molecule has 0 radical (unpaired) electrons. The van der Waals surface area contributed by atoms with Crippen molar-refractivity contribution in [3.05, 3.63) is 65.2 Å². The number of nitrogens with one attached hydrogen (secondary N) is 1. The van der Waals surface area contributed by atoms with Crippen LogP contribution in [0.15, 0.2) is 42.6 Å². The Bertz CT molecular complexity index is 953. The molecule has 2 heterocycles. The van der Waals surface area contributed by atoms with E-state index in [4.69, 9.17) is 0 Å². The second-order valence-corrected chi connectivity index (χ2v) is 5.93. The summed E-state index contributed by atoms with van der Waals surface area (Å²) in [4.78, 5) is 24.0. The number of aryl methyl sites for hydroxylation is 1. The number of hydrogen-bond donors (Lipinski definition) is 2. The average molecular weight is 356 g/mol. The molecule has 0 bridgehead atoms. The lowest BCUT2D eigenvalue weighted by molar-refractivity contribution is -0.141. The van der Waals surface area contributed by atoms with Crippen molar-refractivity contribution in [2.75, 3.05) is 6.54 Å². The normalized spacial score (nSPS) is 12.1. The van der Waals surface area contributed by atoms with Gasteiger partial charge in [-0.2, -0.15) is 14.8 Å². The summed E-state index contributed by atoms with van der Waals surface area (Å²) < 4.78 is 14.3. The monoisotopic (exact) mass is 356 g/mol. The van der Waals surface area contributed by atoms with Gasteiger partial charge < -0.3 is 10.4 Å². The number of carbonyl (C=O) groups is 2. The highest BCUT2D eigenvalue weighted by Gasteiger charge is 2.22. The molecule has 134 valence electrons. The highest BCUT2D eigenvalue weighted by Crippen LogP contribution is 2.15. The van der Waals surface area contributed by atoms with Crippen molar-refractivity contribution < 1.29 is 19.1 Å². The van der Waals surface area contributed by atoms with Crippen molar-refractivity contribution in [3.63, 3.8) is 0 Å². The molecule has 26 heavy (non-hydrogen) atoms. The van der Waals surface area contributed by atoms with E-state index in [-0.39, 0.29) is 18.8 Å². The molecule has 0 fully saturated rings. The fraction of sp³-hybridized carbons (Fsp3) is 0.222. The molecule has 3 rings (SSSR count). The third-order valence-electron chi connectivity index (χ3n) is 4.08. The van der Waals surface area contributed by atoms with Gasteiger partial charge in [0, 0.05) is 12.7 Å². The summed E-state index contributed by atoms with van der Waals surface area (Å²) in [5.74, 6) is -2.65. The Labute approximate surface area is 148 Å². The van der Waals surface area contributed by atoms with Gasteiger partial charge >= 0.3 is 5.97 Å². The number of aliphatic carboxylic acids is 1. The van der Waals surface area contributed by atoms with Crippen LogP contribution in [0.2, 0.25) is 0 Å². The van der Waals surface area contributed by atoms with Crippen LogP contribution in [0.1, 0.15) is 21.6 Å². The fourth-order valence-electron chi connectivity index (χ4n) is 2.74. The van der Waals surface area contributed by atoms with Crippen molar-refractivity contribution in [2.45, 2.75) is 13.3 Å². The lowest BCUT2D eigenvalue weighted by Crippen LogP contribution is -2.34. The number of benzene rings is 1. The van der Waals surface area contributed by atoms with E-state index < -0.39 is 17.8 Å². The van der Waals surface area contributed by atoms with Gasteiger partial charge in [-0.25, -0.2) is 4.39 Å². The Kier molecular flexibility index (Phi) is 4.92. The predicted molar refractivity (Wildman–Crippen MR) is 91.3 cm³/mol. The van der Waals surface area contributed by atoms with Gasteiger partial charge in [0.25, 0.3) is 5.91 Å². The number of amides is 1. The van der Waals surface area contributed by atoms with Crippen LogP contribution < -0.4 is 5.32 Å². The average Bonchev–Trinajstić information content (AvgIpc) is 2.95. The summed E-state index contributed by atoms with van der Waals surface area (Å²) in [6.07, 6.45) is 1.75. The molecule has 0 saturated heterocycles. The maximum Gasteiger partial charge on any atom is 0.308 e. The zero-order valence-electron chi connectivity index (χ0n) is 14.0. The molecule has 1 aromatic carbocycles. The first-order valence-electron chi connectivity index (χ1n) is 8.02. The number of carbonyl (C=O) groups excluding carboxylic acids is 1. The number of nitrogens with zero attached hydrogens (tertiary/aromatic N) is 3. The molecular formula is C18H17FN4O3. The summed E-state index contributed by atoms with van der Waals surface area (Å²) in [6, 6.07) is 9.05. The summed E-state index contributed by atoms with van der Waals surface area (Å²) in [6.45, 7) is 1.64. The first-order chi connectivity index (χ1) is 12.5. The van der Waals surface area contributed by atoms with E-state index in [9.17, 15) is 19.1 Å². The van der Waals surface area contributed by atoms with Gasteiger partial charge in [0.05, 0.1) is 17.2 Å². The molecule has 0 saturated carbocycles. The minimum absolute atomic E-state index is 0.0530. The van der Waals surface area contributed by atoms with Crippen molar-refractivity contribution in [1.29, 1.82) is 0 Å². The summed E-state index contributed by atoms with van der Waals surface area (Å²) in [5, 5.41) is 20.3. The van der Waals surface area contributed by atoms with Gasteiger partial charge in [0.15, 0.2) is 0 Å². The van der Waals surface area contributed by atoms with Crippen LogP contribution in [0.25, 0.3) is 5.52 Å². The van der Waals surface area contributed by atoms with E-state index in [0.717, 1.165) is 0 Å². The van der Waals surface area contributed by atoms with Crippen LogP contribution >= 0.6 is 0 Å². The third-order valence-corrected chi connectivity index (χ3v) is 4.08. The van der Waals surface area contributed by atoms with E-state index in [2.05, 4.69) is 15.5 Å². The Morgan fingerprint density at radius 1 is 1.27 bits per heavy atom. The van der Waals surface area contributed by atoms with Crippen molar-refractivity contribution >= 4 is 17.4 Å². The zero-order chi connectivity index (χ0) is 18.7. The minimum Gasteiger partial charge on any atom is -0.481 e. The molecule has 8 heteroatoms. The number of fused-ring (bicyclic) bond motifs is 1. The second kappa shape index (κ2) is 7.30. The molecule has 3 aromatic rings. The molecule has 2 aromatic heterocycles. The van der Waals surface area contributed by atoms with Crippen LogP contribution in [0.5, 0.6) is 0 Å². The number of halogens is 1. The van der Waals surface area contributed by atoms with E-state index in [0.29, 0.717) is 22.3 Å². The first-order valence-corrected chi connectivity index (χ1v) is 8.02. The summed E-state index contributed by atoms with van der Waals surface area (Å²) >= 11 is 0. The van der Waals surface area contributed by atoms with Crippen LogP contribution in [-0.2, 0) is 11.2 Å². The Morgan fingerprint density at radius 2 is 2.00 bits per heavy atom. The van der Waals surface area contributed by atoms with Gasteiger partial charge in [0.2, 0.25) is 0 Å². The molecule has 2 N–H and O–H groups in total.